The first-order valence-electron chi connectivity index (χ1n) is 9.23. The highest BCUT2D eigenvalue weighted by Crippen LogP contribution is 2.34. The van der Waals surface area contributed by atoms with Crippen LogP contribution in [0, 0.1) is 6.92 Å². The number of nitrogens with zero attached hydrogens (tertiary/aromatic N) is 3. The number of hydrogen-bond donors (Lipinski definition) is 2. The Kier molecular flexibility index (Phi) is 4.62. The minimum atomic E-state index is -0.428. The van der Waals surface area contributed by atoms with E-state index in [0.29, 0.717) is 11.5 Å². The lowest BCUT2D eigenvalue weighted by Crippen LogP contribution is -2.35. The summed E-state index contributed by atoms with van der Waals surface area (Å²) in [6, 6.07) is 12.0. The van der Waals surface area contributed by atoms with Gasteiger partial charge < -0.3 is 10.6 Å². The van der Waals surface area contributed by atoms with Crippen LogP contribution in [-0.2, 0) is 0 Å². The number of rotatable bonds is 4. The maximum Gasteiger partial charge on any atom is 0.248 e. The van der Waals surface area contributed by atoms with Crippen molar-refractivity contribution in [2.24, 2.45) is 5.73 Å². The molecule has 0 saturated carbocycles. The van der Waals surface area contributed by atoms with Gasteiger partial charge in [0.1, 0.15) is 5.82 Å². The second kappa shape index (κ2) is 7.23. The van der Waals surface area contributed by atoms with E-state index in [1.807, 2.05) is 6.20 Å². The zero-order chi connectivity index (χ0) is 18.8. The van der Waals surface area contributed by atoms with Crippen molar-refractivity contribution in [1.29, 1.82) is 0 Å². The van der Waals surface area contributed by atoms with E-state index in [2.05, 4.69) is 51.3 Å². The number of hydrogen-bond acceptors (Lipinski definition) is 4. The molecule has 0 unspecified atom stereocenters. The standard InChI is InChI=1S/C21H23N5O/c1-14-4-6-15(7-5-14)18-12-24-25-20(18)17-3-2-10-26(13-17)19-11-16(21(22)27)8-9-23-19/h4-9,11-12,17H,2-3,10,13H2,1H3,(H2,22,27)(H,24,25)/t17-/m1/s1. The molecule has 6 heteroatoms. The molecule has 4 rings (SSSR count). The first-order chi connectivity index (χ1) is 13.1. The predicted octanol–water partition coefficient (Wildman–Crippen LogP) is 3.26. The summed E-state index contributed by atoms with van der Waals surface area (Å²) >= 11 is 0. The molecule has 0 aliphatic carbocycles. The third kappa shape index (κ3) is 3.56. The number of H-pyrrole nitrogens is 1. The molecule has 27 heavy (non-hydrogen) atoms. The average molecular weight is 361 g/mol. The Balaban J connectivity index is 1.59. The molecule has 1 aromatic carbocycles. The van der Waals surface area contributed by atoms with Crippen molar-refractivity contribution in [3.63, 3.8) is 0 Å². The molecule has 0 radical (unpaired) electrons. The third-order valence-corrected chi connectivity index (χ3v) is 5.22. The molecule has 1 saturated heterocycles. The van der Waals surface area contributed by atoms with Gasteiger partial charge in [-0.05, 0) is 37.5 Å². The molecule has 1 fully saturated rings. The first kappa shape index (κ1) is 17.3. The van der Waals surface area contributed by atoms with E-state index in [1.54, 1.807) is 18.3 Å². The number of aryl methyl sites for hydroxylation is 1. The summed E-state index contributed by atoms with van der Waals surface area (Å²) in [4.78, 5) is 18.1. The molecule has 1 aliphatic rings. The van der Waals surface area contributed by atoms with Gasteiger partial charge in [-0.15, -0.1) is 0 Å². The fourth-order valence-electron chi connectivity index (χ4n) is 3.74. The van der Waals surface area contributed by atoms with Gasteiger partial charge in [0.05, 0.1) is 6.20 Å². The van der Waals surface area contributed by atoms with E-state index in [0.717, 1.165) is 43.0 Å². The summed E-state index contributed by atoms with van der Waals surface area (Å²) in [5.74, 6) is 0.700. The van der Waals surface area contributed by atoms with Crippen LogP contribution in [0.25, 0.3) is 11.1 Å². The number of aromatic amines is 1. The molecular formula is C21H23N5O. The summed E-state index contributed by atoms with van der Waals surface area (Å²) in [6.07, 6.45) is 5.70. The fourth-order valence-corrected chi connectivity index (χ4v) is 3.74. The molecular weight excluding hydrogens is 338 g/mol. The van der Waals surface area contributed by atoms with Crippen molar-refractivity contribution in [3.05, 3.63) is 65.6 Å². The Morgan fingerprint density at radius 3 is 2.85 bits per heavy atom. The van der Waals surface area contributed by atoms with Crippen molar-refractivity contribution in [2.45, 2.75) is 25.7 Å². The second-order valence-electron chi connectivity index (χ2n) is 7.12. The molecule has 0 bridgehead atoms. The topological polar surface area (TPSA) is 87.9 Å². The molecule has 3 N–H and O–H groups in total. The predicted molar refractivity (Wildman–Crippen MR) is 106 cm³/mol. The second-order valence-corrected chi connectivity index (χ2v) is 7.12. The van der Waals surface area contributed by atoms with Crippen LogP contribution in [0.3, 0.4) is 0 Å². The van der Waals surface area contributed by atoms with Crippen molar-refractivity contribution in [1.82, 2.24) is 15.2 Å². The zero-order valence-electron chi connectivity index (χ0n) is 15.4. The van der Waals surface area contributed by atoms with Gasteiger partial charge in [-0.3, -0.25) is 9.89 Å². The van der Waals surface area contributed by atoms with E-state index in [9.17, 15) is 4.79 Å². The Labute approximate surface area is 158 Å². The van der Waals surface area contributed by atoms with Crippen LogP contribution >= 0.6 is 0 Å². The van der Waals surface area contributed by atoms with Gasteiger partial charge in [0.15, 0.2) is 0 Å². The van der Waals surface area contributed by atoms with Crippen molar-refractivity contribution in [3.8, 4) is 11.1 Å². The van der Waals surface area contributed by atoms with Crippen molar-refractivity contribution >= 4 is 11.7 Å². The highest BCUT2D eigenvalue weighted by molar-refractivity contribution is 5.93. The lowest BCUT2D eigenvalue weighted by atomic mass is 9.90. The number of amides is 1. The highest BCUT2D eigenvalue weighted by atomic mass is 16.1. The van der Waals surface area contributed by atoms with Gasteiger partial charge in [0.2, 0.25) is 5.91 Å². The van der Waals surface area contributed by atoms with Crippen LogP contribution in [0.2, 0.25) is 0 Å². The van der Waals surface area contributed by atoms with E-state index >= 15 is 0 Å². The quantitative estimate of drug-likeness (QED) is 0.746. The first-order valence-corrected chi connectivity index (χ1v) is 9.23. The molecule has 1 atom stereocenters. The summed E-state index contributed by atoms with van der Waals surface area (Å²) in [5, 5.41) is 7.53. The zero-order valence-corrected chi connectivity index (χ0v) is 15.4. The van der Waals surface area contributed by atoms with Crippen molar-refractivity contribution < 1.29 is 4.79 Å². The number of carbonyl (C=O) groups excluding carboxylic acids is 1. The number of benzene rings is 1. The van der Waals surface area contributed by atoms with Gasteiger partial charge >= 0.3 is 0 Å². The molecule has 0 spiro atoms. The molecule has 1 amide bonds. The van der Waals surface area contributed by atoms with Gasteiger partial charge in [0.25, 0.3) is 0 Å². The number of nitrogens with one attached hydrogen (secondary N) is 1. The normalized spacial score (nSPS) is 17.1. The Morgan fingerprint density at radius 2 is 2.07 bits per heavy atom. The Hall–Kier alpha value is -3.15. The molecule has 6 nitrogen and oxygen atoms in total. The fraction of sp³-hybridized carbons (Fsp3) is 0.286. The van der Waals surface area contributed by atoms with Crippen LogP contribution in [0.4, 0.5) is 5.82 Å². The number of nitrogens with two attached hydrogens (primary N) is 1. The van der Waals surface area contributed by atoms with Crippen LogP contribution in [0.15, 0.2) is 48.8 Å². The van der Waals surface area contributed by atoms with Gasteiger partial charge in [-0.1, -0.05) is 29.8 Å². The molecule has 3 heterocycles. The highest BCUT2D eigenvalue weighted by Gasteiger charge is 2.26. The summed E-state index contributed by atoms with van der Waals surface area (Å²) < 4.78 is 0. The number of carbonyl (C=O) groups is 1. The summed E-state index contributed by atoms with van der Waals surface area (Å²) in [5.41, 5.74) is 10.6. The largest absolute Gasteiger partial charge is 0.366 e. The third-order valence-electron chi connectivity index (χ3n) is 5.22. The smallest absolute Gasteiger partial charge is 0.248 e. The monoisotopic (exact) mass is 361 g/mol. The Morgan fingerprint density at radius 1 is 1.26 bits per heavy atom. The molecule has 3 aromatic rings. The number of primary amides is 1. The lowest BCUT2D eigenvalue weighted by Gasteiger charge is -2.33. The average Bonchev–Trinajstić information content (AvgIpc) is 3.18. The van der Waals surface area contributed by atoms with Crippen molar-refractivity contribution in [2.75, 3.05) is 18.0 Å². The SMILES string of the molecule is Cc1ccc(-c2cn[nH]c2[C@@H]2CCCN(c3cc(C(N)=O)ccn3)C2)cc1. The number of piperidine rings is 1. The van der Waals surface area contributed by atoms with E-state index < -0.39 is 5.91 Å². The van der Waals surface area contributed by atoms with Gasteiger partial charge in [-0.25, -0.2) is 4.98 Å². The van der Waals surface area contributed by atoms with Crippen LogP contribution < -0.4 is 10.6 Å². The summed E-state index contributed by atoms with van der Waals surface area (Å²) in [7, 11) is 0. The molecule has 138 valence electrons. The number of aromatic nitrogens is 3. The Bertz CT molecular complexity index is 947. The van der Waals surface area contributed by atoms with E-state index in [1.165, 1.54) is 11.1 Å². The van der Waals surface area contributed by atoms with Crippen LogP contribution in [-0.4, -0.2) is 34.2 Å². The minimum absolute atomic E-state index is 0.330. The maximum absolute atomic E-state index is 11.5. The van der Waals surface area contributed by atoms with Crippen LogP contribution in [0.1, 0.15) is 40.4 Å². The number of anilines is 1. The molecule has 2 aromatic heterocycles. The maximum atomic E-state index is 11.5. The van der Waals surface area contributed by atoms with E-state index in [4.69, 9.17) is 5.73 Å². The van der Waals surface area contributed by atoms with Crippen LogP contribution in [0.5, 0.6) is 0 Å². The van der Waals surface area contributed by atoms with E-state index in [-0.39, 0.29) is 0 Å². The lowest BCUT2D eigenvalue weighted by molar-refractivity contribution is 0.1000. The summed E-state index contributed by atoms with van der Waals surface area (Å²) in [6.45, 7) is 3.84. The van der Waals surface area contributed by atoms with Gasteiger partial charge in [0, 0.05) is 42.0 Å². The van der Waals surface area contributed by atoms with Gasteiger partial charge in [-0.2, -0.15) is 5.10 Å². The number of pyridine rings is 1. The minimum Gasteiger partial charge on any atom is -0.366 e. The molecule has 1 aliphatic heterocycles.